The van der Waals surface area contributed by atoms with E-state index in [1.807, 2.05) is 0 Å². The Balaban J connectivity index is 1.66. The monoisotopic (exact) mass is 559 g/mol. The van der Waals surface area contributed by atoms with Gasteiger partial charge in [-0.1, -0.05) is 58.0 Å². The molecule has 29 heavy (non-hydrogen) atoms. The van der Waals surface area contributed by atoms with E-state index in [1.165, 1.54) is 6.07 Å². The number of rotatable bonds is 6. The molecule has 3 rings (SSSR count). The minimum atomic E-state index is -0.391. The summed E-state index contributed by atoms with van der Waals surface area (Å²) in [6.07, 6.45) is 1.65. The van der Waals surface area contributed by atoms with Crippen molar-refractivity contribution in [3.8, 4) is 5.75 Å². The number of ether oxygens (including phenoxy) is 1. The number of hydrogen-bond donors (Lipinski definition) is 1. The largest absolute Gasteiger partial charge is 0.482 e. The van der Waals surface area contributed by atoms with Gasteiger partial charge < -0.3 is 14.5 Å². The summed E-state index contributed by atoms with van der Waals surface area (Å²) in [7, 11) is 1.78. The lowest BCUT2D eigenvalue weighted by molar-refractivity contribution is 0.0918. The van der Waals surface area contributed by atoms with Crippen molar-refractivity contribution in [2.45, 2.75) is 13.2 Å². The first-order valence-electron chi connectivity index (χ1n) is 7.88. The van der Waals surface area contributed by atoms with E-state index in [0.717, 1.165) is 10.2 Å². The van der Waals surface area contributed by atoms with Crippen LogP contribution in [0.2, 0.25) is 25.1 Å². The number of aromatic nitrogens is 2. The fraction of sp³-hybridized carbons (Fsp3) is 0.176. The quantitative estimate of drug-likeness (QED) is 0.273. The summed E-state index contributed by atoms with van der Waals surface area (Å²) in [4.78, 5) is 12.3. The van der Waals surface area contributed by atoms with Crippen LogP contribution in [0.3, 0.4) is 0 Å². The smallest absolute Gasteiger partial charge is 0.287 e. The summed E-state index contributed by atoms with van der Waals surface area (Å²) in [5.74, 6) is 0.159. The van der Waals surface area contributed by atoms with Gasteiger partial charge in [-0.2, -0.15) is 5.10 Å². The SMILES string of the molecule is Cn1ncc(Br)c1CNC(=O)c1ccc(COc2c(Cl)c(Cl)c(Cl)c(Cl)c2Cl)o1. The van der Waals surface area contributed by atoms with Crippen LogP contribution >= 0.6 is 73.9 Å². The van der Waals surface area contributed by atoms with Crippen molar-refractivity contribution >= 4 is 79.8 Å². The number of amides is 1. The van der Waals surface area contributed by atoms with Crippen molar-refractivity contribution in [3.05, 3.63) is 65.1 Å². The molecule has 0 saturated heterocycles. The summed E-state index contributed by atoms with van der Waals surface area (Å²) >= 11 is 33.6. The van der Waals surface area contributed by atoms with Gasteiger partial charge in [-0.3, -0.25) is 9.48 Å². The Hall–Kier alpha value is -1.09. The molecule has 0 bridgehead atoms. The summed E-state index contributed by atoms with van der Waals surface area (Å²) < 4.78 is 13.5. The first-order chi connectivity index (χ1) is 13.7. The molecule has 0 spiro atoms. The molecule has 0 aliphatic rings. The molecule has 3 aromatic rings. The van der Waals surface area contributed by atoms with Crippen molar-refractivity contribution in [2.24, 2.45) is 7.05 Å². The maximum Gasteiger partial charge on any atom is 0.287 e. The number of nitrogens with zero attached hydrogens (tertiary/aromatic N) is 2. The van der Waals surface area contributed by atoms with Crippen LogP contribution in [0.1, 0.15) is 22.0 Å². The molecule has 0 radical (unpaired) electrons. The number of halogens is 6. The van der Waals surface area contributed by atoms with Crippen molar-refractivity contribution in [1.82, 2.24) is 15.1 Å². The molecule has 6 nitrogen and oxygen atoms in total. The third kappa shape index (κ3) is 4.81. The molecule has 154 valence electrons. The van der Waals surface area contributed by atoms with Crippen LogP contribution < -0.4 is 10.1 Å². The van der Waals surface area contributed by atoms with Gasteiger partial charge in [0.1, 0.15) is 22.4 Å². The van der Waals surface area contributed by atoms with Crippen LogP contribution in [-0.4, -0.2) is 15.7 Å². The number of carbonyl (C=O) groups excluding carboxylic acids is 1. The molecular formula is C17H11BrCl5N3O3. The molecule has 12 heteroatoms. The minimum absolute atomic E-state index is 0.0253. The maximum atomic E-state index is 12.3. The number of aryl methyl sites for hydroxylation is 1. The van der Waals surface area contributed by atoms with Gasteiger partial charge in [0.2, 0.25) is 0 Å². The summed E-state index contributed by atoms with van der Waals surface area (Å²) in [5, 5.41) is 6.98. The minimum Gasteiger partial charge on any atom is -0.482 e. The van der Waals surface area contributed by atoms with Gasteiger partial charge in [0.05, 0.1) is 38.0 Å². The van der Waals surface area contributed by atoms with Gasteiger partial charge in [0.15, 0.2) is 11.5 Å². The van der Waals surface area contributed by atoms with Crippen molar-refractivity contribution in [3.63, 3.8) is 0 Å². The third-order valence-electron chi connectivity index (χ3n) is 3.84. The average Bonchev–Trinajstić information content (AvgIpc) is 3.30. The Morgan fingerprint density at radius 3 is 2.34 bits per heavy atom. The molecule has 0 aliphatic heterocycles. The molecule has 2 heterocycles. The second-order valence-corrected chi connectivity index (χ2v) is 8.44. The Bertz CT molecular complexity index is 1030. The highest BCUT2D eigenvalue weighted by Gasteiger charge is 2.21. The van der Waals surface area contributed by atoms with Crippen molar-refractivity contribution in [1.29, 1.82) is 0 Å². The van der Waals surface area contributed by atoms with Crippen molar-refractivity contribution in [2.75, 3.05) is 0 Å². The zero-order valence-electron chi connectivity index (χ0n) is 14.5. The van der Waals surface area contributed by atoms with Crippen LogP contribution in [-0.2, 0) is 20.2 Å². The topological polar surface area (TPSA) is 69.3 Å². The molecule has 0 fully saturated rings. The molecule has 2 aromatic heterocycles. The Labute approximate surface area is 199 Å². The Morgan fingerprint density at radius 2 is 1.76 bits per heavy atom. The molecule has 0 unspecified atom stereocenters. The number of benzene rings is 1. The van der Waals surface area contributed by atoms with E-state index in [-0.39, 0.29) is 49.8 Å². The van der Waals surface area contributed by atoms with Crippen LogP contribution in [0.25, 0.3) is 0 Å². The zero-order chi connectivity index (χ0) is 21.3. The fourth-order valence-corrected chi connectivity index (χ4v) is 4.04. The van der Waals surface area contributed by atoms with E-state index in [4.69, 9.17) is 67.2 Å². The predicted molar refractivity (Wildman–Crippen MR) is 117 cm³/mol. The van der Waals surface area contributed by atoms with Crippen LogP contribution in [0.5, 0.6) is 5.75 Å². The third-order valence-corrected chi connectivity index (χ3v) is 6.75. The van der Waals surface area contributed by atoms with E-state index in [0.29, 0.717) is 5.76 Å². The van der Waals surface area contributed by atoms with Gasteiger partial charge >= 0.3 is 0 Å². The molecule has 1 amide bonds. The highest BCUT2D eigenvalue weighted by molar-refractivity contribution is 9.10. The first kappa shape index (κ1) is 22.6. The molecule has 0 saturated carbocycles. The van der Waals surface area contributed by atoms with Gasteiger partial charge in [-0.15, -0.1) is 0 Å². The number of nitrogens with one attached hydrogen (secondary N) is 1. The maximum absolute atomic E-state index is 12.3. The number of carbonyl (C=O) groups is 1. The van der Waals surface area contributed by atoms with Gasteiger partial charge in [0, 0.05) is 7.05 Å². The van der Waals surface area contributed by atoms with E-state index >= 15 is 0 Å². The van der Waals surface area contributed by atoms with Gasteiger partial charge in [0.25, 0.3) is 5.91 Å². The number of hydrogen-bond acceptors (Lipinski definition) is 4. The Kier molecular flexibility index (Phi) is 7.30. The van der Waals surface area contributed by atoms with Crippen LogP contribution in [0.4, 0.5) is 0 Å². The Morgan fingerprint density at radius 1 is 1.14 bits per heavy atom. The van der Waals surface area contributed by atoms with E-state index in [9.17, 15) is 4.79 Å². The molecular weight excluding hydrogens is 551 g/mol. The molecule has 1 aromatic carbocycles. The fourth-order valence-electron chi connectivity index (χ4n) is 2.32. The predicted octanol–water partition coefficient (Wildman–Crippen LogP) is 6.55. The first-order valence-corrected chi connectivity index (χ1v) is 10.6. The summed E-state index contributed by atoms with van der Waals surface area (Å²) in [6, 6.07) is 3.12. The zero-order valence-corrected chi connectivity index (χ0v) is 19.9. The van der Waals surface area contributed by atoms with Gasteiger partial charge in [-0.05, 0) is 28.1 Å². The average molecular weight is 562 g/mol. The van der Waals surface area contributed by atoms with Crippen LogP contribution in [0.15, 0.2) is 27.2 Å². The van der Waals surface area contributed by atoms with E-state index in [1.54, 1.807) is 24.0 Å². The second kappa shape index (κ2) is 9.37. The highest BCUT2D eigenvalue weighted by atomic mass is 79.9. The standard InChI is InChI=1S/C17H11BrCl5N3O3/c1-26-9(8(18)4-25-26)5-24-17(27)10-3-2-7(29-10)6-28-16-14(22)12(20)11(19)13(21)15(16)23/h2-4H,5-6H2,1H3,(H,24,27). The normalized spacial score (nSPS) is 11.0. The van der Waals surface area contributed by atoms with E-state index < -0.39 is 5.91 Å². The molecule has 0 atom stereocenters. The van der Waals surface area contributed by atoms with Gasteiger partial charge in [-0.25, -0.2) is 0 Å². The summed E-state index contributed by atoms with van der Waals surface area (Å²) in [5.41, 5.74) is 0.814. The lowest BCUT2D eigenvalue weighted by Crippen LogP contribution is -2.23. The lowest BCUT2D eigenvalue weighted by Gasteiger charge is -2.12. The summed E-state index contributed by atoms with van der Waals surface area (Å²) in [6.45, 7) is 0.212. The van der Waals surface area contributed by atoms with Crippen molar-refractivity contribution < 1.29 is 13.9 Å². The molecule has 0 aliphatic carbocycles. The highest BCUT2D eigenvalue weighted by Crippen LogP contribution is 2.48. The van der Waals surface area contributed by atoms with E-state index in [2.05, 4.69) is 26.3 Å². The lowest BCUT2D eigenvalue weighted by atomic mass is 10.3. The number of furan rings is 1. The molecule has 1 N–H and O–H groups in total. The second-order valence-electron chi connectivity index (χ2n) is 5.70. The van der Waals surface area contributed by atoms with Crippen LogP contribution in [0, 0.1) is 0 Å².